The number of carbonyl (C=O) groups excluding carboxylic acids is 1. The van der Waals surface area contributed by atoms with Crippen LogP contribution in [0, 0.1) is 11.7 Å². The normalized spacial score (nSPS) is 20.1. The van der Waals surface area contributed by atoms with Gasteiger partial charge < -0.3 is 5.32 Å². The number of hydrogen-bond acceptors (Lipinski definition) is 1. The maximum Gasteiger partial charge on any atom is 0.228 e. The van der Waals surface area contributed by atoms with Crippen LogP contribution >= 0.6 is 23.2 Å². The zero-order valence-electron chi connectivity index (χ0n) is 10.9. The summed E-state index contributed by atoms with van der Waals surface area (Å²) in [6, 6.07) is 11.1. The number of benzene rings is 2. The van der Waals surface area contributed by atoms with E-state index in [1.54, 1.807) is 18.2 Å². The van der Waals surface area contributed by atoms with Gasteiger partial charge in [-0.25, -0.2) is 4.39 Å². The molecule has 0 unspecified atom stereocenters. The lowest BCUT2D eigenvalue weighted by Crippen LogP contribution is -2.14. The molecule has 2 aromatic rings. The van der Waals surface area contributed by atoms with E-state index in [-0.39, 0.29) is 23.6 Å². The summed E-state index contributed by atoms with van der Waals surface area (Å²) in [5, 5.41) is 3.93. The Hall–Kier alpha value is -1.58. The van der Waals surface area contributed by atoms with Crippen molar-refractivity contribution in [2.45, 2.75) is 12.3 Å². The minimum atomic E-state index is -0.328. The summed E-state index contributed by atoms with van der Waals surface area (Å²) in [7, 11) is 0. The van der Waals surface area contributed by atoms with Gasteiger partial charge in [0.1, 0.15) is 5.82 Å². The second kappa shape index (κ2) is 5.66. The third-order valence-electron chi connectivity index (χ3n) is 3.55. The third-order valence-corrected chi connectivity index (χ3v) is 3.99. The van der Waals surface area contributed by atoms with Gasteiger partial charge in [-0.05, 0) is 60.4 Å². The Kier molecular flexibility index (Phi) is 3.87. The Morgan fingerprint density at radius 2 is 1.71 bits per heavy atom. The van der Waals surface area contributed by atoms with E-state index in [4.69, 9.17) is 23.2 Å². The topological polar surface area (TPSA) is 29.1 Å². The van der Waals surface area contributed by atoms with Crippen molar-refractivity contribution >= 4 is 34.8 Å². The van der Waals surface area contributed by atoms with Crippen LogP contribution in [0.25, 0.3) is 0 Å². The van der Waals surface area contributed by atoms with Gasteiger partial charge in [-0.15, -0.1) is 0 Å². The van der Waals surface area contributed by atoms with Gasteiger partial charge in [0.25, 0.3) is 0 Å². The van der Waals surface area contributed by atoms with Gasteiger partial charge in [0.15, 0.2) is 0 Å². The molecule has 1 fully saturated rings. The molecule has 108 valence electrons. The number of carbonyl (C=O) groups is 1. The molecule has 1 N–H and O–H groups in total. The zero-order valence-corrected chi connectivity index (χ0v) is 12.5. The number of halogens is 3. The van der Waals surface area contributed by atoms with Crippen molar-refractivity contribution in [2.75, 3.05) is 5.32 Å². The molecule has 0 aromatic heterocycles. The summed E-state index contributed by atoms with van der Waals surface area (Å²) in [5.74, 6) is -0.347. The van der Waals surface area contributed by atoms with Crippen molar-refractivity contribution in [2.24, 2.45) is 5.92 Å². The predicted molar refractivity (Wildman–Crippen MR) is 82.3 cm³/mol. The fraction of sp³-hybridized carbons (Fsp3) is 0.188. The molecule has 0 saturated heterocycles. The van der Waals surface area contributed by atoms with Crippen molar-refractivity contribution in [3.63, 3.8) is 0 Å². The summed E-state index contributed by atoms with van der Waals surface area (Å²) in [6.45, 7) is 0. The first-order chi connectivity index (χ1) is 10.0. The molecule has 0 bridgehead atoms. The predicted octanol–water partition coefficient (Wildman–Crippen LogP) is 4.87. The second-order valence-corrected chi connectivity index (χ2v) is 6.02. The molecular formula is C16H12Cl2FNO. The first kappa shape index (κ1) is 14.4. The fourth-order valence-electron chi connectivity index (χ4n) is 2.41. The molecule has 1 amide bonds. The number of rotatable bonds is 3. The highest BCUT2D eigenvalue weighted by Crippen LogP contribution is 2.49. The fourth-order valence-corrected chi connectivity index (χ4v) is 2.95. The maximum absolute atomic E-state index is 12.8. The number of amides is 1. The molecule has 1 aliphatic carbocycles. The molecule has 5 heteroatoms. The van der Waals surface area contributed by atoms with E-state index in [0.717, 1.165) is 12.0 Å². The Labute approximate surface area is 131 Å². The van der Waals surface area contributed by atoms with Crippen molar-refractivity contribution < 1.29 is 9.18 Å². The Bertz CT molecular complexity index is 667. The van der Waals surface area contributed by atoms with Gasteiger partial charge in [-0.1, -0.05) is 23.2 Å². The maximum atomic E-state index is 12.8. The number of anilines is 1. The SMILES string of the molecule is O=C(Nc1ccc(F)cc1)[C@@H]1C[C@@H]1c1cc(Cl)cc(Cl)c1. The summed E-state index contributed by atoms with van der Waals surface area (Å²) >= 11 is 11.9. The monoisotopic (exact) mass is 323 g/mol. The lowest BCUT2D eigenvalue weighted by molar-refractivity contribution is -0.117. The quantitative estimate of drug-likeness (QED) is 0.857. The van der Waals surface area contributed by atoms with E-state index in [1.807, 2.05) is 12.1 Å². The smallest absolute Gasteiger partial charge is 0.228 e. The first-order valence-electron chi connectivity index (χ1n) is 6.55. The molecular weight excluding hydrogens is 312 g/mol. The number of nitrogens with one attached hydrogen (secondary N) is 1. The lowest BCUT2D eigenvalue weighted by Gasteiger charge is -2.05. The highest BCUT2D eigenvalue weighted by atomic mass is 35.5. The highest BCUT2D eigenvalue weighted by Gasteiger charge is 2.44. The van der Waals surface area contributed by atoms with Crippen molar-refractivity contribution in [3.05, 3.63) is 63.9 Å². The van der Waals surface area contributed by atoms with Crippen LogP contribution in [0.2, 0.25) is 10.0 Å². The minimum Gasteiger partial charge on any atom is -0.326 e. The molecule has 21 heavy (non-hydrogen) atoms. The molecule has 3 rings (SSSR count). The first-order valence-corrected chi connectivity index (χ1v) is 7.31. The molecule has 2 atom stereocenters. The molecule has 0 aliphatic heterocycles. The standard InChI is InChI=1S/C16H12Cl2FNO/c17-10-5-9(6-11(18)7-10)14-8-15(14)16(21)20-13-3-1-12(19)2-4-13/h1-7,14-15H,8H2,(H,20,21)/t14-,15-/m1/s1. The van der Waals surface area contributed by atoms with Crippen LogP contribution in [0.3, 0.4) is 0 Å². The van der Waals surface area contributed by atoms with Crippen LogP contribution < -0.4 is 5.32 Å². The molecule has 0 heterocycles. The third kappa shape index (κ3) is 3.36. The Morgan fingerprint density at radius 1 is 1.10 bits per heavy atom. The van der Waals surface area contributed by atoms with E-state index in [2.05, 4.69) is 5.32 Å². The number of hydrogen-bond donors (Lipinski definition) is 1. The van der Waals surface area contributed by atoms with Gasteiger partial charge in [0.05, 0.1) is 0 Å². The highest BCUT2D eigenvalue weighted by molar-refractivity contribution is 6.34. The second-order valence-electron chi connectivity index (χ2n) is 5.15. The average molecular weight is 324 g/mol. The van der Waals surface area contributed by atoms with Crippen molar-refractivity contribution in [1.82, 2.24) is 0 Å². The van der Waals surface area contributed by atoms with E-state index >= 15 is 0 Å². The van der Waals surface area contributed by atoms with E-state index < -0.39 is 0 Å². The van der Waals surface area contributed by atoms with Crippen LogP contribution in [0.5, 0.6) is 0 Å². The van der Waals surface area contributed by atoms with Crippen LogP contribution in [0.4, 0.5) is 10.1 Å². The van der Waals surface area contributed by atoms with Crippen LogP contribution in [-0.4, -0.2) is 5.91 Å². The summed E-state index contributed by atoms with van der Waals surface area (Å²) in [4.78, 5) is 12.1. The minimum absolute atomic E-state index is 0.0669. The van der Waals surface area contributed by atoms with Crippen molar-refractivity contribution in [1.29, 1.82) is 0 Å². The Morgan fingerprint density at radius 3 is 2.33 bits per heavy atom. The van der Waals surface area contributed by atoms with Gasteiger partial charge >= 0.3 is 0 Å². The van der Waals surface area contributed by atoms with E-state index in [0.29, 0.717) is 15.7 Å². The summed E-state index contributed by atoms with van der Waals surface area (Å²) < 4.78 is 12.8. The van der Waals surface area contributed by atoms with E-state index in [1.165, 1.54) is 12.1 Å². The zero-order chi connectivity index (χ0) is 15.0. The molecule has 1 aliphatic rings. The van der Waals surface area contributed by atoms with Gasteiger partial charge in [0.2, 0.25) is 5.91 Å². The summed E-state index contributed by atoms with van der Waals surface area (Å²) in [6.07, 6.45) is 0.768. The molecule has 2 nitrogen and oxygen atoms in total. The van der Waals surface area contributed by atoms with Crippen LogP contribution in [-0.2, 0) is 4.79 Å². The van der Waals surface area contributed by atoms with Gasteiger partial charge in [-0.2, -0.15) is 0 Å². The summed E-state index contributed by atoms with van der Waals surface area (Å²) in [5.41, 5.74) is 1.57. The van der Waals surface area contributed by atoms with E-state index in [9.17, 15) is 9.18 Å². The Balaban J connectivity index is 1.67. The van der Waals surface area contributed by atoms with Gasteiger partial charge in [-0.3, -0.25) is 4.79 Å². The van der Waals surface area contributed by atoms with Crippen LogP contribution in [0.15, 0.2) is 42.5 Å². The van der Waals surface area contributed by atoms with Gasteiger partial charge in [0, 0.05) is 21.7 Å². The molecule has 0 radical (unpaired) electrons. The molecule has 1 saturated carbocycles. The largest absolute Gasteiger partial charge is 0.326 e. The molecule has 0 spiro atoms. The van der Waals surface area contributed by atoms with Crippen molar-refractivity contribution in [3.8, 4) is 0 Å². The average Bonchev–Trinajstić information content (AvgIpc) is 3.20. The lowest BCUT2D eigenvalue weighted by atomic mass is 10.1. The van der Waals surface area contributed by atoms with Crippen LogP contribution in [0.1, 0.15) is 17.9 Å². The molecule has 2 aromatic carbocycles.